The molecule has 0 N–H and O–H groups in total. The second-order valence-electron chi connectivity index (χ2n) is 10.8. The van der Waals surface area contributed by atoms with Crippen LogP contribution in [0.15, 0.2) is 48.7 Å². The number of aryl methyl sites for hydroxylation is 1. The quantitative estimate of drug-likeness (QED) is 0.0836. The SMILES string of the molecule is Cc1nc2c(OCc3c(F)ccc(F)c3F)cccn2c1C(=O)CC(CCC(=O)OC(C)(C)C)c1ccc(F)c(F)c1. The smallest absolute Gasteiger partial charge is 0.306 e. The zero-order chi connectivity index (χ0) is 30.8. The molecule has 222 valence electrons. The molecule has 1 atom stereocenters. The average molecular weight is 589 g/mol. The maximum absolute atomic E-state index is 14.1. The molecule has 42 heavy (non-hydrogen) atoms. The number of carbonyl (C=O) groups excluding carboxylic acids is 2. The van der Waals surface area contributed by atoms with Gasteiger partial charge in [-0.3, -0.25) is 14.0 Å². The summed E-state index contributed by atoms with van der Waals surface area (Å²) in [5.41, 5.74) is -0.326. The predicted molar refractivity (Wildman–Crippen MR) is 144 cm³/mol. The molecular formula is C31H29F5N2O4. The molecule has 0 amide bonds. The normalized spacial score (nSPS) is 12.4. The van der Waals surface area contributed by atoms with Crippen molar-refractivity contribution in [1.29, 1.82) is 0 Å². The third-order valence-corrected chi connectivity index (χ3v) is 6.53. The maximum Gasteiger partial charge on any atom is 0.306 e. The number of rotatable bonds is 10. The Morgan fingerprint density at radius 3 is 2.33 bits per heavy atom. The van der Waals surface area contributed by atoms with Gasteiger partial charge in [0.15, 0.2) is 40.4 Å². The summed E-state index contributed by atoms with van der Waals surface area (Å²) >= 11 is 0. The van der Waals surface area contributed by atoms with Crippen LogP contribution >= 0.6 is 0 Å². The molecule has 0 fully saturated rings. The minimum Gasteiger partial charge on any atom is -0.485 e. The van der Waals surface area contributed by atoms with Crippen molar-refractivity contribution in [1.82, 2.24) is 9.38 Å². The van der Waals surface area contributed by atoms with Gasteiger partial charge in [0.2, 0.25) is 0 Å². The highest BCUT2D eigenvalue weighted by Gasteiger charge is 2.26. The van der Waals surface area contributed by atoms with Gasteiger partial charge in [0.1, 0.15) is 23.7 Å². The van der Waals surface area contributed by atoms with E-state index < -0.39 is 64.5 Å². The molecule has 4 aromatic rings. The second kappa shape index (κ2) is 12.3. The van der Waals surface area contributed by atoms with Gasteiger partial charge in [-0.1, -0.05) is 6.07 Å². The van der Waals surface area contributed by atoms with E-state index in [4.69, 9.17) is 9.47 Å². The van der Waals surface area contributed by atoms with E-state index in [-0.39, 0.29) is 36.4 Å². The number of Topliss-reactive ketones (excluding diaryl/α,β-unsaturated/α-hetero) is 1. The molecule has 0 saturated heterocycles. The molecule has 1 unspecified atom stereocenters. The summed E-state index contributed by atoms with van der Waals surface area (Å²) in [5, 5.41) is 0. The van der Waals surface area contributed by atoms with Gasteiger partial charge >= 0.3 is 5.97 Å². The number of fused-ring (bicyclic) bond motifs is 1. The van der Waals surface area contributed by atoms with Crippen LogP contribution in [0.5, 0.6) is 5.75 Å². The Morgan fingerprint density at radius 1 is 0.952 bits per heavy atom. The van der Waals surface area contributed by atoms with Gasteiger partial charge < -0.3 is 9.47 Å². The molecule has 0 aliphatic rings. The lowest BCUT2D eigenvalue weighted by Crippen LogP contribution is -2.24. The monoisotopic (exact) mass is 588 g/mol. The second-order valence-corrected chi connectivity index (χ2v) is 10.8. The molecule has 0 radical (unpaired) electrons. The molecule has 0 aliphatic carbocycles. The van der Waals surface area contributed by atoms with Crippen molar-refractivity contribution in [2.75, 3.05) is 0 Å². The maximum atomic E-state index is 14.1. The van der Waals surface area contributed by atoms with Crippen molar-refractivity contribution in [3.8, 4) is 5.75 Å². The largest absolute Gasteiger partial charge is 0.485 e. The van der Waals surface area contributed by atoms with Crippen LogP contribution in [0.25, 0.3) is 5.65 Å². The van der Waals surface area contributed by atoms with Crippen molar-refractivity contribution in [2.24, 2.45) is 0 Å². The van der Waals surface area contributed by atoms with Crippen molar-refractivity contribution in [3.63, 3.8) is 0 Å². The number of benzene rings is 2. The zero-order valence-electron chi connectivity index (χ0n) is 23.4. The number of aromatic nitrogens is 2. The van der Waals surface area contributed by atoms with E-state index in [9.17, 15) is 31.5 Å². The molecule has 0 spiro atoms. The van der Waals surface area contributed by atoms with Crippen LogP contribution in [0.1, 0.15) is 73.3 Å². The van der Waals surface area contributed by atoms with Gasteiger partial charge in [-0.25, -0.2) is 26.9 Å². The number of imidazole rings is 1. The lowest BCUT2D eigenvalue weighted by atomic mass is 9.88. The fourth-order valence-electron chi connectivity index (χ4n) is 4.61. The number of hydrogen-bond donors (Lipinski definition) is 0. The number of esters is 1. The first-order chi connectivity index (χ1) is 19.7. The summed E-state index contributed by atoms with van der Waals surface area (Å²) in [4.78, 5) is 30.4. The van der Waals surface area contributed by atoms with Gasteiger partial charge in [0, 0.05) is 19.0 Å². The number of hydrogen-bond acceptors (Lipinski definition) is 5. The van der Waals surface area contributed by atoms with Crippen molar-refractivity contribution >= 4 is 17.4 Å². The van der Waals surface area contributed by atoms with E-state index >= 15 is 0 Å². The molecule has 2 aromatic carbocycles. The summed E-state index contributed by atoms with van der Waals surface area (Å²) in [6.45, 7) is 6.12. The highest BCUT2D eigenvalue weighted by Crippen LogP contribution is 2.31. The number of nitrogens with zero attached hydrogens (tertiary/aromatic N) is 2. The third-order valence-electron chi connectivity index (χ3n) is 6.53. The van der Waals surface area contributed by atoms with Crippen molar-refractivity contribution in [3.05, 3.63) is 100 Å². The van der Waals surface area contributed by atoms with E-state index in [2.05, 4.69) is 4.98 Å². The van der Waals surface area contributed by atoms with E-state index in [0.717, 1.165) is 18.2 Å². The molecule has 11 heteroatoms. The number of carbonyl (C=O) groups is 2. The third kappa shape index (κ3) is 6.95. The Kier molecular flexibility index (Phi) is 8.98. The number of halogens is 5. The first-order valence-electron chi connectivity index (χ1n) is 13.2. The lowest BCUT2D eigenvalue weighted by molar-refractivity contribution is -0.155. The standard InChI is InChI=1S/C31H29F5N2O4/c1-17-29(38-13-5-6-26(30(38)37-17)41-16-20-21(32)10-11-23(34)28(20)36)25(39)15-19(8-12-27(40)42-31(2,3)4)18-7-9-22(33)24(35)14-18/h5-7,9-11,13-14,19H,8,12,15-16H2,1-4H3. The highest BCUT2D eigenvalue weighted by atomic mass is 19.2. The van der Waals surface area contributed by atoms with Crippen LogP contribution in [0.4, 0.5) is 22.0 Å². The summed E-state index contributed by atoms with van der Waals surface area (Å²) < 4.78 is 82.0. The fraction of sp³-hybridized carbons (Fsp3) is 0.323. The first kappa shape index (κ1) is 30.7. The van der Waals surface area contributed by atoms with Gasteiger partial charge in [-0.2, -0.15) is 0 Å². The van der Waals surface area contributed by atoms with Crippen LogP contribution < -0.4 is 4.74 Å². The Balaban J connectivity index is 1.61. The van der Waals surface area contributed by atoms with Gasteiger partial charge in [0.25, 0.3) is 0 Å². The first-order valence-corrected chi connectivity index (χ1v) is 13.2. The molecule has 0 saturated carbocycles. The molecule has 2 heterocycles. The number of ketones is 1. The molecule has 6 nitrogen and oxygen atoms in total. The zero-order valence-corrected chi connectivity index (χ0v) is 23.4. The summed E-state index contributed by atoms with van der Waals surface area (Å²) in [6.07, 6.45) is 1.44. The molecule has 0 bridgehead atoms. The fourth-order valence-corrected chi connectivity index (χ4v) is 4.61. The van der Waals surface area contributed by atoms with Gasteiger partial charge in [-0.15, -0.1) is 0 Å². The Morgan fingerprint density at radius 2 is 1.64 bits per heavy atom. The van der Waals surface area contributed by atoms with Crippen LogP contribution in [-0.2, 0) is 16.1 Å². The van der Waals surface area contributed by atoms with E-state index in [1.54, 1.807) is 33.9 Å². The Hall–Kier alpha value is -4.28. The van der Waals surface area contributed by atoms with E-state index in [0.29, 0.717) is 17.3 Å². The lowest BCUT2D eigenvalue weighted by Gasteiger charge is -2.21. The molecule has 4 rings (SSSR count). The number of pyridine rings is 1. The molecule has 2 aromatic heterocycles. The van der Waals surface area contributed by atoms with Crippen LogP contribution in [0, 0.1) is 36.0 Å². The number of ether oxygens (including phenoxy) is 2. The average Bonchev–Trinajstić information content (AvgIpc) is 3.25. The van der Waals surface area contributed by atoms with E-state index in [1.165, 1.54) is 22.6 Å². The highest BCUT2D eigenvalue weighted by molar-refractivity contribution is 5.97. The predicted octanol–water partition coefficient (Wildman–Crippen LogP) is 7.40. The van der Waals surface area contributed by atoms with Crippen LogP contribution in [-0.4, -0.2) is 26.7 Å². The van der Waals surface area contributed by atoms with Crippen LogP contribution in [0.3, 0.4) is 0 Å². The van der Waals surface area contributed by atoms with Gasteiger partial charge in [0.05, 0.1) is 11.3 Å². The summed E-state index contributed by atoms with van der Waals surface area (Å²) in [7, 11) is 0. The topological polar surface area (TPSA) is 69.9 Å². The Bertz CT molecular complexity index is 1640. The summed E-state index contributed by atoms with van der Waals surface area (Å²) in [6, 6.07) is 7.81. The minimum atomic E-state index is -1.37. The molecule has 0 aliphatic heterocycles. The van der Waals surface area contributed by atoms with Crippen molar-refractivity contribution < 1.29 is 41.0 Å². The minimum absolute atomic E-state index is 0.0640. The van der Waals surface area contributed by atoms with Crippen LogP contribution in [0.2, 0.25) is 0 Å². The Labute approximate surface area is 239 Å². The van der Waals surface area contributed by atoms with Gasteiger partial charge in [-0.05, 0) is 82.0 Å². The van der Waals surface area contributed by atoms with E-state index in [1.807, 2.05) is 0 Å². The van der Waals surface area contributed by atoms with Crippen molar-refractivity contribution in [2.45, 2.75) is 65.1 Å². The molecular weight excluding hydrogens is 559 g/mol. The summed E-state index contributed by atoms with van der Waals surface area (Å²) in [5.74, 6) is -7.17.